The van der Waals surface area contributed by atoms with Crippen LogP contribution in [0.15, 0.2) is 41.0 Å². The molecule has 6 heteroatoms. The summed E-state index contributed by atoms with van der Waals surface area (Å²) in [6.07, 6.45) is 8.62. The van der Waals surface area contributed by atoms with E-state index in [0.717, 1.165) is 23.0 Å². The number of benzene rings is 1. The van der Waals surface area contributed by atoms with Gasteiger partial charge < -0.3 is 10.6 Å². The molecule has 1 aromatic carbocycles. The fraction of sp³-hybridized carbons (Fsp3) is 0.389. The zero-order chi connectivity index (χ0) is 16.8. The molecule has 0 spiro atoms. The molecule has 5 nitrogen and oxygen atoms in total. The predicted molar refractivity (Wildman–Crippen MR) is 98.4 cm³/mol. The van der Waals surface area contributed by atoms with Crippen LogP contribution in [0.2, 0.25) is 0 Å². The summed E-state index contributed by atoms with van der Waals surface area (Å²) < 4.78 is 0.967. The van der Waals surface area contributed by atoms with Crippen molar-refractivity contribution in [1.82, 2.24) is 15.3 Å². The minimum absolute atomic E-state index is 0.124. The SMILES string of the molecule is O=C(NC1CCCCCC1)c1ccnc(Nc2cccc(Br)c2)n1. The second-order valence-corrected chi connectivity index (χ2v) is 6.98. The van der Waals surface area contributed by atoms with Crippen molar-refractivity contribution in [1.29, 1.82) is 0 Å². The second kappa shape index (κ2) is 8.24. The summed E-state index contributed by atoms with van der Waals surface area (Å²) in [7, 11) is 0. The third kappa shape index (κ3) is 4.77. The van der Waals surface area contributed by atoms with Crippen LogP contribution < -0.4 is 10.6 Å². The zero-order valence-corrected chi connectivity index (χ0v) is 15.1. The number of carbonyl (C=O) groups is 1. The number of nitrogens with zero attached hydrogens (tertiary/aromatic N) is 2. The minimum atomic E-state index is -0.124. The fourth-order valence-electron chi connectivity index (χ4n) is 2.92. The Kier molecular flexibility index (Phi) is 5.80. The molecule has 1 amide bonds. The van der Waals surface area contributed by atoms with E-state index < -0.39 is 0 Å². The van der Waals surface area contributed by atoms with Crippen LogP contribution in [0, 0.1) is 0 Å². The van der Waals surface area contributed by atoms with Gasteiger partial charge in [-0.25, -0.2) is 9.97 Å². The maximum atomic E-state index is 12.4. The van der Waals surface area contributed by atoms with Gasteiger partial charge in [-0.05, 0) is 37.1 Å². The number of aromatic nitrogens is 2. The number of amides is 1. The van der Waals surface area contributed by atoms with E-state index in [9.17, 15) is 4.79 Å². The first-order valence-corrected chi connectivity index (χ1v) is 9.16. The van der Waals surface area contributed by atoms with Gasteiger partial charge in [0.2, 0.25) is 5.95 Å². The van der Waals surface area contributed by atoms with Crippen LogP contribution in [0.25, 0.3) is 0 Å². The summed E-state index contributed by atoms with van der Waals surface area (Å²) in [5, 5.41) is 6.23. The molecule has 24 heavy (non-hydrogen) atoms. The van der Waals surface area contributed by atoms with Crippen molar-refractivity contribution in [2.24, 2.45) is 0 Å². The molecule has 0 atom stereocenters. The molecule has 2 aromatic rings. The number of rotatable bonds is 4. The molecule has 2 N–H and O–H groups in total. The Morgan fingerprint density at radius 3 is 2.67 bits per heavy atom. The molecule has 1 aromatic heterocycles. The highest BCUT2D eigenvalue weighted by molar-refractivity contribution is 9.10. The van der Waals surface area contributed by atoms with Gasteiger partial charge in [0.15, 0.2) is 0 Å². The lowest BCUT2D eigenvalue weighted by atomic mass is 10.1. The first-order valence-electron chi connectivity index (χ1n) is 8.37. The molecule has 0 radical (unpaired) electrons. The normalized spacial score (nSPS) is 15.5. The van der Waals surface area contributed by atoms with Crippen LogP contribution in [-0.2, 0) is 0 Å². The molecule has 0 bridgehead atoms. The number of hydrogen-bond donors (Lipinski definition) is 2. The van der Waals surface area contributed by atoms with Gasteiger partial charge in [0.05, 0.1) is 0 Å². The average molecular weight is 389 g/mol. The number of nitrogens with one attached hydrogen (secondary N) is 2. The van der Waals surface area contributed by atoms with E-state index in [1.807, 2.05) is 24.3 Å². The van der Waals surface area contributed by atoms with Gasteiger partial charge in [-0.1, -0.05) is 47.7 Å². The maximum Gasteiger partial charge on any atom is 0.270 e. The summed E-state index contributed by atoms with van der Waals surface area (Å²) in [6, 6.07) is 9.64. The van der Waals surface area contributed by atoms with E-state index in [1.54, 1.807) is 12.3 Å². The molecule has 1 aliphatic rings. The largest absolute Gasteiger partial charge is 0.348 e. The third-order valence-electron chi connectivity index (χ3n) is 4.16. The molecule has 0 unspecified atom stereocenters. The van der Waals surface area contributed by atoms with Crippen molar-refractivity contribution >= 4 is 33.5 Å². The molecule has 0 aliphatic heterocycles. The maximum absolute atomic E-state index is 12.4. The number of carbonyl (C=O) groups excluding carboxylic acids is 1. The Morgan fingerprint density at radius 1 is 1.12 bits per heavy atom. The number of halogens is 1. The van der Waals surface area contributed by atoms with Gasteiger partial charge in [0, 0.05) is 22.4 Å². The quantitative estimate of drug-likeness (QED) is 0.759. The van der Waals surface area contributed by atoms with Gasteiger partial charge >= 0.3 is 0 Å². The van der Waals surface area contributed by atoms with Crippen LogP contribution in [0.5, 0.6) is 0 Å². The number of anilines is 2. The Labute approximate surface area is 150 Å². The molecular formula is C18H21BrN4O. The summed E-state index contributed by atoms with van der Waals surface area (Å²) in [5.41, 5.74) is 1.26. The van der Waals surface area contributed by atoms with Crippen molar-refractivity contribution in [2.75, 3.05) is 5.32 Å². The van der Waals surface area contributed by atoms with Crippen molar-refractivity contribution in [3.63, 3.8) is 0 Å². The monoisotopic (exact) mass is 388 g/mol. The van der Waals surface area contributed by atoms with Gasteiger partial charge in [-0.3, -0.25) is 4.79 Å². The van der Waals surface area contributed by atoms with Gasteiger partial charge in [0.25, 0.3) is 5.91 Å². The van der Waals surface area contributed by atoms with E-state index in [4.69, 9.17) is 0 Å². The Balaban J connectivity index is 1.66. The predicted octanol–water partition coefficient (Wildman–Crippen LogP) is 4.44. The molecule has 0 saturated heterocycles. The van der Waals surface area contributed by atoms with Gasteiger partial charge in [-0.15, -0.1) is 0 Å². The van der Waals surface area contributed by atoms with E-state index in [-0.39, 0.29) is 11.9 Å². The minimum Gasteiger partial charge on any atom is -0.348 e. The molecule has 1 heterocycles. The molecule has 1 aliphatic carbocycles. The summed E-state index contributed by atoms with van der Waals surface area (Å²) >= 11 is 3.43. The first kappa shape index (κ1) is 16.9. The third-order valence-corrected chi connectivity index (χ3v) is 4.65. The summed E-state index contributed by atoms with van der Waals surface area (Å²) in [6.45, 7) is 0. The van der Waals surface area contributed by atoms with Crippen LogP contribution >= 0.6 is 15.9 Å². The molecule has 1 saturated carbocycles. The Morgan fingerprint density at radius 2 is 1.92 bits per heavy atom. The van der Waals surface area contributed by atoms with E-state index in [2.05, 4.69) is 36.5 Å². The lowest BCUT2D eigenvalue weighted by Crippen LogP contribution is -2.35. The first-order chi connectivity index (χ1) is 11.7. The van der Waals surface area contributed by atoms with Crippen LogP contribution in [0.4, 0.5) is 11.6 Å². The zero-order valence-electron chi connectivity index (χ0n) is 13.5. The second-order valence-electron chi connectivity index (χ2n) is 6.06. The van der Waals surface area contributed by atoms with Crippen LogP contribution in [-0.4, -0.2) is 21.9 Å². The molecule has 126 valence electrons. The van der Waals surface area contributed by atoms with Gasteiger partial charge in [0.1, 0.15) is 5.69 Å². The van der Waals surface area contributed by atoms with Crippen molar-refractivity contribution in [3.8, 4) is 0 Å². The van der Waals surface area contributed by atoms with Crippen molar-refractivity contribution in [2.45, 2.75) is 44.6 Å². The van der Waals surface area contributed by atoms with E-state index in [1.165, 1.54) is 25.7 Å². The summed E-state index contributed by atoms with van der Waals surface area (Å²) in [5.74, 6) is 0.295. The highest BCUT2D eigenvalue weighted by atomic mass is 79.9. The Hall–Kier alpha value is -1.95. The standard InChI is InChI=1S/C18H21BrN4O/c19-13-6-5-9-15(12-13)22-18-20-11-10-16(23-18)17(24)21-14-7-3-1-2-4-8-14/h5-6,9-12,14H,1-4,7-8H2,(H,21,24)(H,20,22,23). The molecule has 1 fully saturated rings. The van der Waals surface area contributed by atoms with Crippen LogP contribution in [0.1, 0.15) is 49.0 Å². The lowest BCUT2D eigenvalue weighted by Gasteiger charge is -2.16. The summed E-state index contributed by atoms with van der Waals surface area (Å²) in [4.78, 5) is 21.0. The smallest absolute Gasteiger partial charge is 0.270 e. The average Bonchev–Trinajstić information content (AvgIpc) is 2.84. The topological polar surface area (TPSA) is 66.9 Å². The van der Waals surface area contributed by atoms with Crippen molar-refractivity contribution < 1.29 is 4.79 Å². The van der Waals surface area contributed by atoms with Crippen molar-refractivity contribution in [3.05, 3.63) is 46.7 Å². The van der Waals surface area contributed by atoms with Gasteiger partial charge in [-0.2, -0.15) is 0 Å². The number of hydrogen-bond acceptors (Lipinski definition) is 4. The van der Waals surface area contributed by atoms with Crippen LogP contribution in [0.3, 0.4) is 0 Å². The lowest BCUT2D eigenvalue weighted by molar-refractivity contribution is 0.0928. The Bertz CT molecular complexity index is 699. The van der Waals surface area contributed by atoms with E-state index >= 15 is 0 Å². The highest BCUT2D eigenvalue weighted by Crippen LogP contribution is 2.19. The fourth-order valence-corrected chi connectivity index (χ4v) is 3.32. The molecule has 3 rings (SSSR count). The molecular weight excluding hydrogens is 368 g/mol. The highest BCUT2D eigenvalue weighted by Gasteiger charge is 2.17. The van der Waals surface area contributed by atoms with E-state index in [0.29, 0.717) is 11.6 Å².